The fourth-order valence-electron chi connectivity index (χ4n) is 3.31. The van der Waals surface area contributed by atoms with Crippen molar-refractivity contribution in [3.8, 4) is 0 Å². The number of hydrogen-bond acceptors (Lipinski definition) is 3. The molecule has 0 spiro atoms. The van der Waals surface area contributed by atoms with Crippen LogP contribution in [-0.4, -0.2) is 19.5 Å². The zero-order chi connectivity index (χ0) is 14.1. The van der Waals surface area contributed by atoms with Crippen molar-refractivity contribution in [1.82, 2.24) is 0 Å². The molecule has 0 amide bonds. The second kappa shape index (κ2) is 5.55. The van der Waals surface area contributed by atoms with Crippen LogP contribution < -0.4 is 0 Å². The lowest BCUT2D eigenvalue weighted by Gasteiger charge is -2.56. The Hall–Kier alpha value is -0.380. The van der Waals surface area contributed by atoms with Crippen LogP contribution in [0.15, 0.2) is 11.6 Å². The van der Waals surface area contributed by atoms with Crippen LogP contribution in [0.5, 0.6) is 0 Å². The Kier molecular flexibility index (Phi) is 4.38. The lowest BCUT2D eigenvalue weighted by atomic mass is 9.48. The number of allylic oxidation sites excluding steroid dienone is 2. The molecule has 0 aromatic rings. The van der Waals surface area contributed by atoms with E-state index in [1.807, 2.05) is 13.8 Å². The molecule has 2 bridgehead atoms. The average molecular weight is 268 g/mol. The molecule has 0 unspecified atom stereocenters. The Balaban J connectivity index is 1.66. The SMILES string of the molecule is COC(C)(C)OOCCCC1=CC[C@H]2C[C@@H]1C2(C)C. The summed E-state index contributed by atoms with van der Waals surface area (Å²) >= 11 is 0. The Morgan fingerprint density at radius 2 is 2.11 bits per heavy atom. The molecule has 1 fully saturated rings. The first-order valence-corrected chi connectivity index (χ1v) is 7.41. The molecule has 19 heavy (non-hydrogen) atoms. The molecule has 3 nitrogen and oxygen atoms in total. The van der Waals surface area contributed by atoms with E-state index in [1.165, 1.54) is 12.8 Å². The number of rotatable bonds is 7. The van der Waals surface area contributed by atoms with E-state index < -0.39 is 5.79 Å². The largest absolute Gasteiger partial charge is 0.351 e. The summed E-state index contributed by atoms with van der Waals surface area (Å²) in [5.41, 5.74) is 2.17. The molecule has 0 aromatic carbocycles. The second-order valence-corrected chi connectivity index (χ2v) is 6.93. The Morgan fingerprint density at radius 1 is 1.37 bits per heavy atom. The highest BCUT2D eigenvalue weighted by Crippen LogP contribution is 2.59. The Bertz CT molecular complexity index is 344. The summed E-state index contributed by atoms with van der Waals surface area (Å²) in [5.74, 6) is 1.07. The maximum Gasteiger partial charge on any atom is 0.195 e. The van der Waals surface area contributed by atoms with E-state index in [4.69, 9.17) is 14.5 Å². The van der Waals surface area contributed by atoms with Gasteiger partial charge in [0.1, 0.15) is 0 Å². The summed E-state index contributed by atoms with van der Waals surface area (Å²) < 4.78 is 5.13. The van der Waals surface area contributed by atoms with Crippen LogP contribution in [0.1, 0.15) is 53.4 Å². The van der Waals surface area contributed by atoms with Gasteiger partial charge in [-0.2, -0.15) is 0 Å². The molecule has 1 saturated carbocycles. The molecule has 3 aliphatic carbocycles. The van der Waals surface area contributed by atoms with Gasteiger partial charge in [0, 0.05) is 7.11 Å². The van der Waals surface area contributed by atoms with Crippen LogP contribution in [0, 0.1) is 17.3 Å². The summed E-state index contributed by atoms with van der Waals surface area (Å²) in [5, 5.41) is 0. The summed E-state index contributed by atoms with van der Waals surface area (Å²) in [7, 11) is 1.62. The average Bonchev–Trinajstić information content (AvgIpc) is 2.38. The van der Waals surface area contributed by atoms with E-state index in [9.17, 15) is 0 Å². The topological polar surface area (TPSA) is 27.7 Å². The van der Waals surface area contributed by atoms with Crippen molar-refractivity contribution in [3.05, 3.63) is 11.6 Å². The first kappa shape index (κ1) is 15.0. The van der Waals surface area contributed by atoms with Gasteiger partial charge in [-0.05, 0) is 56.8 Å². The van der Waals surface area contributed by atoms with Crippen molar-refractivity contribution in [2.45, 2.75) is 59.2 Å². The van der Waals surface area contributed by atoms with Gasteiger partial charge in [-0.1, -0.05) is 25.5 Å². The predicted molar refractivity (Wildman–Crippen MR) is 75.4 cm³/mol. The first-order chi connectivity index (χ1) is 8.87. The molecule has 3 heteroatoms. The van der Waals surface area contributed by atoms with Gasteiger partial charge >= 0.3 is 0 Å². The summed E-state index contributed by atoms with van der Waals surface area (Å²) in [6.45, 7) is 9.14. The second-order valence-electron chi connectivity index (χ2n) is 6.93. The summed E-state index contributed by atoms with van der Waals surface area (Å²) in [6, 6.07) is 0. The zero-order valence-electron chi connectivity index (χ0n) is 13.0. The van der Waals surface area contributed by atoms with Crippen LogP contribution in [-0.2, 0) is 14.5 Å². The molecule has 0 saturated heterocycles. The van der Waals surface area contributed by atoms with Crippen LogP contribution in [0.4, 0.5) is 0 Å². The zero-order valence-corrected chi connectivity index (χ0v) is 13.0. The minimum atomic E-state index is -0.659. The molecule has 0 aliphatic heterocycles. The summed E-state index contributed by atoms with van der Waals surface area (Å²) in [6.07, 6.45) is 7.28. The van der Waals surface area contributed by atoms with E-state index in [0.29, 0.717) is 12.0 Å². The van der Waals surface area contributed by atoms with E-state index in [2.05, 4.69) is 19.9 Å². The smallest absolute Gasteiger partial charge is 0.195 e. The van der Waals surface area contributed by atoms with Gasteiger partial charge in [-0.15, -0.1) is 0 Å². The molecular weight excluding hydrogens is 240 g/mol. The minimum Gasteiger partial charge on any atom is -0.351 e. The highest BCUT2D eigenvalue weighted by molar-refractivity contribution is 5.23. The van der Waals surface area contributed by atoms with Crippen molar-refractivity contribution >= 4 is 0 Å². The van der Waals surface area contributed by atoms with Gasteiger partial charge in [0.25, 0.3) is 0 Å². The summed E-state index contributed by atoms with van der Waals surface area (Å²) in [4.78, 5) is 10.4. The fraction of sp³-hybridized carbons (Fsp3) is 0.875. The Morgan fingerprint density at radius 3 is 2.68 bits per heavy atom. The molecule has 3 rings (SSSR count). The van der Waals surface area contributed by atoms with Gasteiger partial charge in [0.2, 0.25) is 0 Å². The number of hydrogen-bond donors (Lipinski definition) is 0. The third-order valence-electron chi connectivity index (χ3n) is 5.03. The van der Waals surface area contributed by atoms with Gasteiger partial charge < -0.3 is 4.74 Å². The molecule has 0 aromatic heterocycles. The van der Waals surface area contributed by atoms with Crippen LogP contribution in [0.3, 0.4) is 0 Å². The van der Waals surface area contributed by atoms with E-state index in [1.54, 1.807) is 12.7 Å². The monoisotopic (exact) mass is 268 g/mol. The van der Waals surface area contributed by atoms with Gasteiger partial charge in [-0.25, -0.2) is 9.78 Å². The standard InChI is InChI=1S/C16H28O3/c1-15(2)13-9-8-12(14(15)11-13)7-6-10-18-19-16(3,4)17-5/h8,13-14H,6-7,9-11H2,1-5H3/t13-,14-/m0/s1. The van der Waals surface area contributed by atoms with Crippen LogP contribution in [0.25, 0.3) is 0 Å². The molecule has 0 heterocycles. The highest BCUT2D eigenvalue weighted by Gasteiger charge is 2.50. The number of ether oxygens (including phenoxy) is 1. The van der Waals surface area contributed by atoms with Crippen molar-refractivity contribution in [1.29, 1.82) is 0 Å². The van der Waals surface area contributed by atoms with Crippen molar-refractivity contribution in [2.75, 3.05) is 13.7 Å². The third kappa shape index (κ3) is 3.21. The predicted octanol–water partition coefficient (Wildman–Crippen LogP) is 4.09. The van der Waals surface area contributed by atoms with Gasteiger partial charge in [0.15, 0.2) is 5.79 Å². The van der Waals surface area contributed by atoms with Gasteiger partial charge in [0.05, 0.1) is 6.61 Å². The maximum atomic E-state index is 5.23. The quantitative estimate of drug-likeness (QED) is 0.229. The molecule has 0 N–H and O–H groups in total. The van der Waals surface area contributed by atoms with Crippen molar-refractivity contribution in [3.63, 3.8) is 0 Å². The van der Waals surface area contributed by atoms with Crippen molar-refractivity contribution < 1.29 is 14.5 Å². The van der Waals surface area contributed by atoms with Gasteiger partial charge in [-0.3, -0.25) is 0 Å². The minimum absolute atomic E-state index is 0.527. The third-order valence-corrected chi connectivity index (χ3v) is 5.03. The number of methoxy groups -OCH3 is 1. The number of fused-ring (bicyclic) bond motifs is 1. The lowest BCUT2D eigenvalue weighted by Crippen LogP contribution is -2.48. The maximum absolute atomic E-state index is 5.23. The normalized spacial score (nSPS) is 28.8. The fourth-order valence-corrected chi connectivity index (χ4v) is 3.31. The van der Waals surface area contributed by atoms with E-state index in [0.717, 1.165) is 24.7 Å². The molecule has 110 valence electrons. The molecule has 2 atom stereocenters. The van der Waals surface area contributed by atoms with E-state index in [-0.39, 0.29) is 0 Å². The van der Waals surface area contributed by atoms with Crippen LogP contribution >= 0.6 is 0 Å². The first-order valence-electron chi connectivity index (χ1n) is 7.41. The van der Waals surface area contributed by atoms with Crippen LogP contribution in [0.2, 0.25) is 0 Å². The van der Waals surface area contributed by atoms with E-state index >= 15 is 0 Å². The Labute approximate surface area is 117 Å². The molecule has 0 radical (unpaired) electrons. The van der Waals surface area contributed by atoms with Crippen molar-refractivity contribution in [2.24, 2.45) is 17.3 Å². The lowest BCUT2D eigenvalue weighted by molar-refractivity contribution is -0.413. The highest BCUT2D eigenvalue weighted by atomic mass is 17.2. The molecular formula is C16H28O3. The molecule has 3 aliphatic rings.